The predicted molar refractivity (Wildman–Crippen MR) is 81.6 cm³/mol. The standard InChI is InChI=1S/C16H18O3S/c1-10(2)19-13-7-5-6-12(8-13)14-11(3)9-20-15(14)16(17)18-4/h5-10H,1-4H3. The summed E-state index contributed by atoms with van der Waals surface area (Å²) in [4.78, 5) is 12.5. The van der Waals surface area contributed by atoms with Gasteiger partial charge in [-0.15, -0.1) is 11.3 Å². The Labute approximate surface area is 123 Å². The molecule has 0 fully saturated rings. The van der Waals surface area contributed by atoms with Crippen LogP contribution in [0.2, 0.25) is 0 Å². The summed E-state index contributed by atoms with van der Waals surface area (Å²) < 4.78 is 10.6. The van der Waals surface area contributed by atoms with Crippen molar-refractivity contribution in [2.75, 3.05) is 7.11 Å². The monoisotopic (exact) mass is 290 g/mol. The summed E-state index contributed by atoms with van der Waals surface area (Å²) in [6.07, 6.45) is 0.119. The molecule has 106 valence electrons. The molecule has 0 bridgehead atoms. The molecule has 1 heterocycles. The van der Waals surface area contributed by atoms with Gasteiger partial charge in [0.05, 0.1) is 13.2 Å². The first-order valence-electron chi connectivity index (χ1n) is 6.46. The van der Waals surface area contributed by atoms with E-state index in [0.29, 0.717) is 4.88 Å². The minimum absolute atomic E-state index is 0.119. The molecule has 1 aromatic heterocycles. The predicted octanol–water partition coefficient (Wildman–Crippen LogP) is 4.30. The number of rotatable bonds is 4. The third-order valence-electron chi connectivity index (χ3n) is 2.84. The Hall–Kier alpha value is -1.81. The summed E-state index contributed by atoms with van der Waals surface area (Å²) >= 11 is 1.41. The minimum Gasteiger partial charge on any atom is -0.491 e. The van der Waals surface area contributed by atoms with Crippen molar-refractivity contribution in [1.82, 2.24) is 0 Å². The summed E-state index contributed by atoms with van der Waals surface area (Å²) in [5, 5.41) is 1.97. The SMILES string of the molecule is COC(=O)c1scc(C)c1-c1cccc(OC(C)C)c1. The molecular formula is C16H18O3S. The average Bonchev–Trinajstić information content (AvgIpc) is 2.79. The fourth-order valence-electron chi connectivity index (χ4n) is 2.04. The van der Waals surface area contributed by atoms with E-state index in [1.54, 1.807) is 0 Å². The number of aryl methyl sites for hydroxylation is 1. The molecule has 20 heavy (non-hydrogen) atoms. The highest BCUT2D eigenvalue weighted by atomic mass is 32.1. The number of carbonyl (C=O) groups is 1. The number of hydrogen-bond acceptors (Lipinski definition) is 4. The van der Waals surface area contributed by atoms with Crippen LogP contribution >= 0.6 is 11.3 Å². The Kier molecular flexibility index (Phi) is 4.45. The van der Waals surface area contributed by atoms with Crippen molar-refractivity contribution in [3.8, 4) is 16.9 Å². The maximum Gasteiger partial charge on any atom is 0.348 e. The van der Waals surface area contributed by atoms with E-state index in [2.05, 4.69) is 0 Å². The minimum atomic E-state index is -0.298. The second kappa shape index (κ2) is 6.09. The van der Waals surface area contributed by atoms with Crippen molar-refractivity contribution in [3.05, 3.63) is 40.1 Å². The van der Waals surface area contributed by atoms with Crippen LogP contribution < -0.4 is 4.74 Å². The maximum atomic E-state index is 11.8. The van der Waals surface area contributed by atoms with Crippen LogP contribution in [-0.2, 0) is 4.74 Å². The molecular weight excluding hydrogens is 272 g/mol. The van der Waals surface area contributed by atoms with Gasteiger partial charge in [0, 0.05) is 5.56 Å². The molecule has 0 aliphatic carbocycles. The van der Waals surface area contributed by atoms with Gasteiger partial charge in [-0.05, 0) is 49.4 Å². The number of esters is 1. The van der Waals surface area contributed by atoms with E-state index in [0.717, 1.165) is 22.4 Å². The van der Waals surface area contributed by atoms with Crippen LogP contribution in [0.3, 0.4) is 0 Å². The zero-order chi connectivity index (χ0) is 14.7. The van der Waals surface area contributed by atoms with E-state index < -0.39 is 0 Å². The van der Waals surface area contributed by atoms with Crippen molar-refractivity contribution in [3.63, 3.8) is 0 Å². The van der Waals surface area contributed by atoms with Crippen LogP contribution in [0.15, 0.2) is 29.6 Å². The maximum absolute atomic E-state index is 11.8. The van der Waals surface area contributed by atoms with Crippen LogP contribution in [0.5, 0.6) is 5.75 Å². The van der Waals surface area contributed by atoms with Gasteiger partial charge in [0.15, 0.2) is 0 Å². The molecule has 0 aliphatic heterocycles. The summed E-state index contributed by atoms with van der Waals surface area (Å²) in [6.45, 7) is 5.97. The summed E-state index contributed by atoms with van der Waals surface area (Å²) in [5.74, 6) is 0.507. The first-order chi connectivity index (χ1) is 9.52. The van der Waals surface area contributed by atoms with E-state index >= 15 is 0 Å². The normalized spacial score (nSPS) is 10.7. The Bertz CT molecular complexity index is 614. The first kappa shape index (κ1) is 14.6. The number of benzene rings is 1. The van der Waals surface area contributed by atoms with Gasteiger partial charge in [0.25, 0.3) is 0 Å². The van der Waals surface area contributed by atoms with Crippen LogP contribution in [-0.4, -0.2) is 19.2 Å². The van der Waals surface area contributed by atoms with E-state index in [9.17, 15) is 4.79 Å². The Morgan fingerprint density at radius 2 is 2.05 bits per heavy atom. The summed E-state index contributed by atoms with van der Waals surface area (Å²) in [6, 6.07) is 7.80. The van der Waals surface area contributed by atoms with Crippen LogP contribution in [0.25, 0.3) is 11.1 Å². The van der Waals surface area contributed by atoms with Gasteiger partial charge in [0.2, 0.25) is 0 Å². The van der Waals surface area contributed by atoms with Crippen molar-refractivity contribution in [1.29, 1.82) is 0 Å². The molecule has 0 spiro atoms. The van der Waals surface area contributed by atoms with Gasteiger partial charge in [0.1, 0.15) is 10.6 Å². The van der Waals surface area contributed by atoms with Crippen LogP contribution in [0.4, 0.5) is 0 Å². The quantitative estimate of drug-likeness (QED) is 0.788. The fourth-order valence-corrected chi connectivity index (χ4v) is 3.03. The molecule has 0 unspecified atom stereocenters. The van der Waals surface area contributed by atoms with Crippen molar-refractivity contribution in [2.24, 2.45) is 0 Å². The van der Waals surface area contributed by atoms with Gasteiger partial charge in [-0.3, -0.25) is 0 Å². The van der Waals surface area contributed by atoms with Crippen LogP contribution in [0, 0.1) is 6.92 Å². The second-order valence-corrected chi connectivity index (χ2v) is 5.69. The zero-order valence-electron chi connectivity index (χ0n) is 12.1. The number of thiophene rings is 1. The molecule has 2 rings (SSSR count). The lowest BCUT2D eigenvalue weighted by Gasteiger charge is -2.11. The number of methoxy groups -OCH3 is 1. The van der Waals surface area contributed by atoms with Gasteiger partial charge in [-0.25, -0.2) is 4.79 Å². The summed E-state index contributed by atoms with van der Waals surface area (Å²) in [7, 11) is 1.40. The lowest BCUT2D eigenvalue weighted by molar-refractivity contribution is 0.0607. The molecule has 0 N–H and O–H groups in total. The highest BCUT2D eigenvalue weighted by Crippen LogP contribution is 2.34. The molecule has 0 saturated carbocycles. The topological polar surface area (TPSA) is 35.5 Å². The van der Waals surface area contributed by atoms with Gasteiger partial charge < -0.3 is 9.47 Å². The van der Waals surface area contributed by atoms with Crippen LogP contribution in [0.1, 0.15) is 29.1 Å². The van der Waals surface area contributed by atoms with Crippen molar-refractivity contribution < 1.29 is 14.3 Å². The second-order valence-electron chi connectivity index (χ2n) is 4.81. The molecule has 4 heteroatoms. The van der Waals surface area contributed by atoms with E-state index in [1.807, 2.05) is 50.4 Å². The Morgan fingerprint density at radius 1 is 1.30 bits per heavy atom. The first-order valence-corrected chi connectivity index (χ1v) is 7.34. The number of carbonyl (C=O) groups excluding carboxylic acids is 1. The van der Waals surface area contributed by atoms with Gasteiger partial charge in [-0.2, -0.15) is 0 Å². The zero-order valence-corrected chi connectivity index (χ0v) is 12.9. The highest BCUT2D eigenvalue weighted by molar-refractivity contribution is 7.12. The number of ether oxygens (including phenoxy) is 2. The third-order valence-corrected chi connectivity index (χ3v) is 3.92. The molecule has 0 aliphatic rings. The van der Waals surface area contributed by atoms with Gasteiger partial charge in [-0.1, -0.05) is 12.1 Å². The summed E-state index contributed by atoms with van der Waals surface area (Å²) in [5.41, 5.74) is 2.97. The van der Waals surface area contributed by atoms with Crippen molar-refractivity contribution >= 4 is 17.3 Å². The lowest BCUT2D eigenvalue weighted by Crippen LogP contribution is -2.05. The van der Waals surface area contributed by atoms with E-state index in [4.69, 9.17) is 9.47 Å². The van der Waals surface area contributed by atoms with E-state index in [1.165, 1.54) is 18.4 Å². The largest absolute Gasteiger partial charge is 0.491 e. The molecule has 0 atom stereocenters. The average molecular weight is 290 g/mol. The third kappa shape index (κ3) is 3.02. The molecule has 0 saturated heterocycles. The smallest absolute Gasteiger partial charge is 0.348 e. The molecule has 1 aromatic carbocycles. The molecule has 0 radical (unpaired) electrons. The lowest BCUT2D eigenvalue weighted by atomic mass is 10.0. The highest BCUT2D eigenvalue weighted by Gasteiger charge is 2.18. The Balaban J connectivity index is 2.46. The Morgan fingerprint density at radius 3 is 2.70 bits per heavy atom. The molecule has 2 aromatic rings. The van der Waals surface area contributed by atoms with Gasteiger partial charge >= 0.3 is 5.97 Å². The molecule has 3 nitrogen and oxygen atoms in total. The van der Waals surface area contributed by atoms with E-state index in [-0.39, 0.29) is 12.1 Å². The number of hydrogen-bond donors (Lipinski definition) is 0. The molecule has 0 amide bonds. The fraction of sp³-hybridized carbons (Fsp3) is 0.312. The van der Waals surface area contributed by atoms with Crippen molar-refractivity contribution in [2.45, 2.75) is 26.9 Å².